The number of carbonyl (C=O) groups excluding carboxylic acids is 1. The quantitative estimate of drug-likeness (QED) is 0.512. The Morgan fingerprint density at radius 3 is 2.72 bits per heavy atom. The van der Waals surface area contributed by atoms with Crippen LogP contribution in [0.3, 0.4) is 0 Å². The van der Waals surface area contributed by atoms with E-state index in [0.29, 0.717) is 35.3 Å². The van der Waals surface area contributed by atoms with Crippen molar-refractivity contribution in [1.82, 2.24) is 14.8 Å². The lowest BCUT2D eigenvalue weighted by molar-refractivity contribution is -0.113. The fourth-order valence-electron chi connectivity index (χ4n) is 3.71. The Morgan fingerprint density at radius 1 is 1.19 bits per heavy atom. The van der Waals surface area contributed by atoms with E-state index >= 15 is 0 Å². The van der Waals surface area contributed by atoms with Crippen molar-refractivity contribution in [3.8, 4) is 11.5 Å². The molecule has 32 heavy (non-hydrogen) atoms. The topological polar surface area (TPSA) is 90.3 Å². The van der Waals surface area contributed by atoms with Crippen LogP contribution < -0.4 is 20.1 Å². The van der Waals surface area contributed by atoms with Gasteiger partial charge >= 0.3 is 0 Å². The van der Waals surface area contributed by atoms with Crippen molar-refractivity contribution in [2.24, 2.45) is 0 Å². The van der Waals surface area contributed by atoms with Crippen LogP contribution in [0, 0.1) is 0 Å². The Morgan fingerprint density at radius 2 is 1.97 bits per heavy atom. The number of nitrogens with one attached hydrogen (secondary N) is 2. The largest absolute Gasteiger partial charge is 0.495 e. The van der Waals surface area contributed by atoms with E-state index in [2.05, 4.69) is 27.6 Å². The maximum atomic E-state index is 13.5. The Balaban J connectivity index is 1.66. The molecular weight excluding hydrogens is 406 g/mol. The minimum absolute atomic E-state index is 0.242. The molecule has 166 valence electrons. The summed E-state index contributed by atoms with van der Waals surface area (Å²) in [5.74, 6) is 1.74. The molecule has 0 aliphatic carbocycles. The van der Waals surface area contributed by atoms with E-state index in [1.807, 2.05) is 43.3 Å². The second kappa shape index (κ2) is 9.55. The SMILES string of the molecule is CCCCOc1ccc([C@H]2C(C(=O)Nc3ccccc3OC)=C(C)Nc3ncnn32)cc1. The van der Waals surface area contributed by atoms with Gasteiger partial charge in [0, 0.05) is 5.70 Å². The van der Waals surface area contributed by atoms with Gasteiger partial charge < -0.3 is 20.1 Å². The predicted octanol–water partition coefficient (Wildman–Crippen LogP) is 4.39. The van der Waals surface area contributed by atoms with Crippen LogP contribution in [-0.4, -0.2) is 34.4 Å². The van der Waals surface area contributed by atoms with Gasteiger partial charge in [-0.3, -0.25) is 4.79 Å². The highest BCUT2D eigenvalue weighted by Gasteiger charge is 2.33. The number of hydrogen-bond donors (Lipinski definition) is 2. The van der Waals surface area contributed by atoms with Gasteiger partial charge in [0.25, 0.3) is 5.91 Å². The highest BCUT2D eigenvalue weighted by atomic mass is 16.5. The molecule has 2 aromatic carbocycles. The van der Waals surface area contributed by atoms with Gasteiger partial charge in [0.05, 0.1) is 25.0 Å². The summed E-state index contributed by atoms with van der Waals surface area (Å²) in [5.41, 5.74) is 2.77. The number of para-hydroxylation sites is 2. The monoisotopic (exact) mass is 433 g/mol. The van der Waals surface area contributed by atoms with Crippen molar-refractivity contribution in [3.63, 3.8) is 0 Å². The molecule has 2 heterocycles. The zero-order chi connectivity index (χ0) is 22.5. The third-order valence-corrected chi connectivity index (χ3v) is 5.36. The molecule has 4 rings (SSSR count). The lowest BCUT2D eigenvalue weighted by Gasteiger charge is -2.29. The summed E-state index contributed by atoms with van der Waals surface area (Å²) >= 11 is 0. The fourth-order valence-corrected chi connectivity index (χ4v) is 3.71. The number of fused-ring (bicyclic) bond motifs is 1. The summed E-state index contributed by atoms with van der Waals surface area (Å²) in [6.45, 7) is 4.68. The lowest BCUT2D eigenvalue weighted by Crippen LogP contribution is -2.31. The zero-order valence-electron chi connectivity index (χ0n) is 18.5. The Kier molecular flexibility index (Phi) is 6.39. The Labute approximate surface area is 187 Å². The minimum Gasteiger partial charge on any atom is -0.495 e. The van der Waals surface area contributed by atoms with Crippen molar-refractivity contribution >= 4 is 17.5 Å². The molecular formula is C24H27N5O3. The summed E-state index contributed by atoms with van der Waals surface area (Å²) < 4.78 is 12.9. The highest BCUT2D eigenvalue weighted by molar-refractivity contribution is 6.06. The van der Waals surface area contributed by atoms with Crippen molar-refractivity contribution in [1.29, 1.82) is 0 Å². The number of benzene rings is 2. The van der Waals surface area contributed by atoms with Gasteiger partial charge in [0.15, 0.2) is 0 Å². The maximum Gasteiger partial charge on any atom is 0.255 e. The van der Waals surface area contributed by atoms with E-state index in [0.717, 1.165) is 24.2 Å². The van der Waals surface area contributed by atoms with Gasteiger partial charge in [0.2, 0.25) is 5.95 Å². The zero-order valence-corrected chi connectivity index (χ0v) is 18.5. The second-order valence-corrected chi connectivity index (χ2v) is 7.52. The van der Waals surface area contributed by atoms with Crippen LogP contribution >= 0.6 is 0 Å². The molecule has 0 saturated carbocycles. The van der Waals surface area contributed by atoms with Crippen LogP contribution in [0.4, 0.5) is 11.6 Å². The molecule has 1 aliphatic rings. The van der Waals surface area contributed by atoms with E-state index < -0.39 is 6.04 Å². The number of methoxy groups -OCH3 is 1. The third kappa shape index (κ3) is 4.30. The summed E-state index contributed by atoms with van der Waals surface area (Å²) in [7, 11) is 1.58. The number of allylic oxidation sites excluding steroid dienone is 1. The first-order chi connectivity index (χ1) is 15.6. The van der Waals surface area contributed by atoms with Gasteiger partial charge in [-0.1, -0.05) is 37.6 Å². The first-order valence-corrected chi connectivity index (χ1v) is 10.7. The van der Waals surface area contributed by atoms with Gasteiger partial charge in [-0.25, -0.2) is 4.68 Å². The van der Waals surface area contributed by atoms with Crippen LogP contribution in [0.15, 0.2) is 66.1 Å². The molecule has 8 nitrogen and oxygen atoms in total. The van der Waals surface area contributed by atoms with Crippen molar-refractivity contribution in [3.05, 3.63) is 71.7 Å². The van der Waals surface area contributed by atoms with Crippen molar-refractivity contribution in [2.45, 2.75) is 32.7 Å². The number of carbonyl (C=O) groups is 1. The number of anilines is 2. The number of unbranched alkanes of at least 4 members (excludes halogenated alkanes) is 1. The van der Waals surface area contributed by atoms with Crippen molar-refractivity contribution in [2.75, 3.05) is 24.4 Å². The van der Waals surface area contributed by atoms with Gasteiger partial charge in [0.1, 0.15) is 23.9 Å². The molecule has 0 radical (unpaired) electrons. The molecule has 0 fully saturated rings. The molecule has 1 atom stereocenters. The molecule has 0 saturated heterocycles. The first-order valence-electron chi connectivity index (χ1n) is 10.7. The molecule has 0 spiro atoms. The fraction of sp³-hybridized carbons (Fsp3) is 0.292. The van der Waals surface area contributed by atoms with Crippen LogP contribution in [0.25, 0.3) is 0 Å². The normalized spacial score (nSPS) is 15.0. The van der Waals surface area contributed by atoms with Crippen LogP contribution in [-0.2, 0) is 4.79 Å². The van der Waals surface area contributed by atoms with E-state index in [1.54, 1.807) is 23.9 Å². The van der Waals surface area contributed by atoms with E-state index in [4.69, 9.17) is 9.47 Å². The van der Waals surface area contributed by atoms with Crippen LogP contribution in [0.5, 0.6) is 11.5 Å². The molecule has 0 bridgehead atoms. The summed E-state index contributed by atoms with van der Waals surface area (Å²) in [5, 5.41) is 10.5. The molecule has 1 aliphatic heterocycles. The van der Waals surface area contributed by atoms with Crippen LogP contribution in [0.1, 0.15) is 38.3 Å². The molecule has 8 heteroatoms. The number of amides is 1. The standard InChI is InChI=1S/C24H27N5O3/c1-4-5-14-32-18-12-10-17(11-13-18)22-21(16(2)27-24-25-15-26-29(22)24)23(30)28-19-8-6-7-9-20(19)31-3/h6-13,15,22H,4-5,14H2,1-3H3,(H,28,30)(H,25,26,27)/t22-/m0/s1. The predicted molar refractivity (Wildman–Crippen MR) is 123 cm³/mol. The summed E-state index contributed by atoms with van der Waals surface area (Å²) in [4.78, 5) is 17.7. The summed E-state index contributed by atoms with van der Waals surface area (Å²) in [6.07, 6.45) is 3.57. The first kappa shape index (κ1) is 21.4. The van der Waals surface area contributed by atoms with Crippen LogP contribution in [0.2, 0.25) is 0 Å². The molecule has 3 aromatic rings. The minimum atomic E-state index is -0.437. The van der Waals surface area contributed by atoms with E-state index in [1.165, 1.54) is 6.33 Å². The smallest absolute Gasteiger partial charge is 0.255 e. The third-order valence-electron chi connectivity index (χ3n) is 5.36. The lowest BCUT2D eigenvalue weighted by atomic mass is 9.95. The molecule has 2 N–H and O–H groups in total. The van der Waals surface area contributed by atoms with Crippen molar-refractivity contribution < 1.29 is 14.3 Å². The highest BCUT2D eigenvalue weighted by Crippen LogP contribution is 2.36. The number of ether oxygens (including phenoxy) is 2. The van der Waals surface area contributed by atoms with Gasteiger partial charge in [-0.2, -0.15) is 10.1 Å². The number of hydrogen-bond acceptors (Lipinski definition) is 6. The van der Waals surface area contributed by atoms with E-state index in [-0.39, 0.29) is 5.91 Å². The number of aromatic nitrogens is 3. The van der Waals surface area contributed by atoms with Gasteiger partial charge in [-0.05, 0) is 43.2 Å². The second-order valence-electron chi connectivity index (χ2n) is 7.52. The Bertz CT molecular complexity index is 1120. The summed E-state index contributed by atoms with van der Waals surface area (Å²) in [6, 6.07) is 14.7. The molecule has 0 unspecified atom stereocenters. The van der Waals surface area contributed by atoms with Gasteiger partial charge in [-0.15, -0.1) is 0 Å². The average molecular weight is 434 g/mol. The number of nitrogens with zero attached hydrogens (tertiary/aromatic N) is 3. The molecule has 1 aromatic heterocycles. The number of rotatable bonds is 8. The molecule has 1 amide bonds. The Hall–Kier alpha value is -3.81. The average Bonchev–Trinajstić information content (AvgIpc) is 3.27. The van der Waals surface area contributed by atoms with E-state index in [9.17, 15) is 4.79 Å². The maximum absolute atomic E-state index is 13.5.